The Morgan fingerprint density at radius 2 is 2.25 bits per heavy atom. The lowest BCUT2D eigenvalue weighted by Gasteiger charge is -2.29. The summed E-state index contributed by atoms with van der Waals surface area (Å²) in [6.07, 6.45) is 5.90. The van der Waals surface area contributed by atoms with Gasteiger partial charge >= 0.3 is 0 Å². The van der Waals surface area contributed by atoms with Crippen LogP contribution in [0.2, 0.25) is 0 Å². The first-order valence-electron chi connectivity index (χ1n) is 7.24. The fraction of sp³-hybridized carbons (Fsp3) is 0.529. The van der Waals surface area contributed by atoms with Gasteiger partial charge in [-0.2, -0.15) is 0 Å². The summed E-state index contributed by atoms with van der Waals surface area (Å²) in [7, 11) is 0. The maximum atomic E-state index is 13.4. The van der Waals surface area contributed by atoms with E-state index >= 15 is 0 Å². The third-order valence-corrected chi connectivity index (χ3v) is 3.97. The van der Waals surface area contributed by atoms with Crippen molar-refractivity contribution in [3.63, 3.8) is 0 Å². The fourth-order valence-electron chi connectivity index (χ4n) is 2.72. The molecule has 2 atom stereocenters. The van der Waals surface area contributed by atoms with E-state index in [2.05, 4.69) is 18.8 Å². The van der Waals surface area contributed by atoms with E-state index in [-0.39, 0.29) is 17.8 Å². The molecule has 1 aromatic carbocycles. The average molecular weight is 295 g/mol. The van der Waals surface area contributed by atoms with Crippen LogP contribution < -0.4 is 4.74 Å². The maximum Gasteiger partial charge on any atom is 0.138 e. The molecule has 0 saturated heterocycles. The van der Waals surface area contributed by atoms with Crippen molar-refractivity contribution in [1.29, 1.82) is 0 Å². The average Bonchev–Trinajstić information content (AvgIpc) is 2.47. The third-order valence-electron chi connectivity index (χ3n) is 3.84. The van der Waals surface area contributed by atoms with Crippen molar-refractivity contribution in [2.24, 2.45) is 5.92 Å². The molecule has 0 radical (unpaired) electrons. The van der Waals surface area contributed by atoms with Crippen LogP contribution in [0.4, 0.5) is 4.39 Å². The molecule has 0 N–H and O–H groups in total. The lowest BCUT2D eigenvalue weighted by Crippen LogP contribution is -2.25. The van der Waals surface area contributed by atoms with Gasteiger partial charge in [0.2, 0.25) is 0 Å². The highest BCUT2D eigenvalue weighted by Crippen LogP contribution is 2.31. The molecular weight excluding hydrogens is 275 g/mol. The lowest BCUT2D eigenvalue weighted by atomic mass is 9.85. The van der Waals surface area contributed by atoms with Gasteiger partial charge < -0.3 is 4.74 Å². The van der Waals surface area contributed by atoms with Crippen LogP contribution in [0.5, 0.6) is 5.75 Å². The molecule has 0 spiro atoms. The molecule has 1 aliphatic rings. The van der Waals surface area contributed by atoms with Crippen LogP contribution in [0.25, 0.3) is 0 Å². The van der Waals surface area contributed by atoms with E-state index in [1.54, 1.807) is 6.07 Å². The van der Waals surface area contributed by atoms with Crippen LogP contribution >= 0.6 is 11.6 Å². The van der Waals surface area contributed by atoms with Gasteiger partial charge in [0, 0.05) is 6.07 Å². The Morgan fingerprint density at radius 1 is 1.40 bits per heavy atom. The van der Waals surface area contributed by atoms with E-state index < -0.39 is 0 Å². The Kier molecular flexibility index (Phi) is 5.73. The lowest BCUT2D eigenvalue weighted by molar-refractivity contribution is 0.121. The second-order valence-electron chi connectivity index (χ2n) is 5.26. The minimum absolute atomic E-state index is 0.173. The summed E-state index contributed by atoms with van der Waals surface area (Å²) in [5.74, 6) is 6.96. The van der Waals surface area contributed by atoms with Crippen molar-refractivity contribution in [3.05, 3.63) is 29.6 Å². The molecule has 1 saturated carbocycles. The van der Waals surface area contributed by atoms with Crippen LogP contribution in [0, 0.1) is 23.6 Å². The van der Waals surface area contributed by atoms with E-state index in [1.807, 2.05) is 0 Å². The molecule has 108 valence electrons. The Balaban J connectivity index is 2.13. The largest absolute Gasteiger partial charge is 0.489 e. The van der Waals surface area contributed by atoms with Gasteiger partial charge in [-0.05, 0) is 37.3 Å². The van der Waals surface area contributed by atoms with Gasteiger partial charge in [-0.3, -0.25) is 0 Å². The van der Waals surface area contributed by atoms with Crippen LogP contribution in [0.15, 0.2) is 18.2 Å². The maximum absolute atomic E-state index is 13.4. The molecule has 0 heterocycles. The highest BCUT2D eigenvalue weighted by atomic mass is 35.5. The Morgan fingerprint density at radius 3 is 3.00 bits per heavy atom. The van der Waals surface area contributed by atoms with Gasteiger partial charge in [0.15, 0.2) is 0 Å². The number of hydrogen-bond acceptors (Lipinski definition) is 1. The molecular formula is C17H20ClFO. The van der Waals surface area contributed by atoms with Crippen molar-refractivity contribution in [2.75, 3.05) is 5.88 Å². The number of hydrogen-bond donors (Lipinski definition) is 0. The summed E-state index contributed by atoms with van der Waals surface area (Å²) in [4.78, 5) is 0. The van der Waals surface area contributed by atoms with Crippen LogP contribution in [-0.2, 0) is 0 Å². The predicted molar refractivity (Wildman–Crippen MR) is 80.7 cm³/mol. The Bertz CT molecular complexity index is 503. The first-order valence-corrected chi connectivity index (χ1v) is 7.77. The number of rotatable bonds is 3. The molecule has 0 aromatic heterocycles. The van der Waals surface area contributed by atoms with Gasteiger partial charge in [0.05, 0.1) is 17.5 Å². The number of ether oxygens (including phenoxy) is 1. The molecule has 0 aliphatic heterocycles. The first kappa shape index (κ1) is 15.2. The minimum atomic E-state index is -0.292. The SMILES string of the molecule is CCC1CCCC(Oc2cc(F)ccc2C#CCCl)C1. The molecule has 1 aromatic rings. The molecule has 2 unspecified atom stereocenters. The standard InChI is InChI=1S/C17H20ClFO/c1-2-13-5-3-7-16(11-13)20-17-12-15(19)9-8-14(17)6-4-10-18/h8-9,12-13,16H,2-3,5,7,10-11H2,1H3. The van der Waals surface area contributed by atoms with E-state index in [0.29, 0.717) is 11.3 Å². The van der Waals surface area contributed by atoms with Crippen LogP contribution in [0.3, 0.4) is 0 Å². The van der Waals surface area contributed by atoms with Gasteiger partial charge in [0.1, 0.15) is 11.6 Å². The predicted octanol–water partition coefficient (Wildman–Crippen LogP) is 4.76. The van der Waals surface area contributed by atoms with E-state index in [0.717, 1.165) is 18.8 Å². The zero-order valence-electron chi connectivity index (χ0n) is 11.8. The number of benzene rings is 1. The molecule has 1 fully saturated rings. The monoisotopic (exact) mass is 294 g/mol. The topological polar surface area (TPSA) is 9.23 Å². The highest BCUT2D eigenvalue weighted by Gasteiger charge is 2.22. The van der Waals surface area contributed by atoms with Crippen molar-refractivity contribution in [1.82, 2.24) is 0 Å². The van der Waals surface area contributed by atoms with Crippen molar-refractivity contribution < 1.29 is 9.13 Å². The Labute approximate surface area is 125 Å². The summed E-state index contributed by atoms with van der Waals surface area (Å²) in [6, 6.07) is 4.49. The van der Waals surface area contributed by atoms with Crippen LogP contribution in [-0.4, -0.2) is 12.0 Å². The fourth-order valence-corrected chi connectivity index (χ4v) is 2.79. The third kappa shape index (κ3) is 4.15. The molecule has 3 heteroatoms. The molecule has 0 bridgehead atoms. The Hall–Kier alpha value is -1.20. The van der Waals surface area contributed by atoms with Crippen molar-refractivity contribution >= 4 is 11.6 Å². The number of halogens is 2. The van der Waals surface area contributed by atoms with E-state index in [9.17, 15) is 4.39 Å². The smallest absolute Gasteiger partial charge is 0.138 e. The molecule has 2 rings (SSSR count). The summed E-state index contributed by atoms with van der Waals surface area (Å²) in [5, 5.41) is 0. The van der Waals surface area contributed by atoms with Gasteiger partial charge in [-0.25, -0.2) is 4.39 Å². The van der Waals surface area contributed by atoms with E-state index in [1.165, 1.54) is 31.4 Å². The zero-order chi connectivity index (χ0) is 14.4. The van der Waals surface area contributed by atoms with Gasteiger partial charge in [0.25, 0.3) is 0 Å². The molecule has 20 heavy (non-hydrogen) atoms. The van der Waals surface area contributed by atoms with Gasteiger partial charge in [-0.15, -0.1) is 11.6 Å². The summed E-state index contributed by atoms with van der Waals surface area (Å²) < 4.78 is 19.4. The van der Waals surface area contributed by atoms with Crippen molar-refractivity contribution in [2.45, 2.75) is 45.1 Å². The highest BCUT2D eigenvalue weighted by molar-refractivity contribution is 6.19. The minimum Gasteiger partial charge on any atom is -0.489 e. The normalized spacial score (nSPS) is 21.9. The zero-order valence-corrected chi connectivity index (χ0v) is 12.5. The van der Waals surface area contributed by atoms with E-state index in [4.69, 9.17) is 16.3 Å². The second kappa shape index (κ2) is 7.55. The molecule has 1 aliphatic carbocycles. The van der Waals surface area contributed by atoms with Crippen LogP contribution in [0.1, 0.15) is 44.6 Å². The summed E-state index contributed by atoms with van der Waals surface area (Å²) in [6.45, 7) is 2.21. The molecule has 1 nitrogen and oxygen atoms in total. The number of alkyl halides is 1. The summed E-state index contributed by atoms with van der Waals surface area (Å²) >= 11 is 5.58. The van der Waals surface area contributed by atoms with Crippen molar-refractivity contribution in [3.8, 4) is 17.6 Å². The first-order chi connectivity index (χ1) is 9.72. The quantitative estimate of drug-likeness (QED) is 0.577. The second-order valence-corrected chi connectivity index (χ2v) is 5.52. The summed E-state index contributed by atoms with van der Waals surface area (Å²) in [5.41, 5.74) is 0.714. The molecule has 0 amide bonds. The van der Waals surface area contributed by atoms with Gasteiger partial charge in [-0.1, -0.05) is 31.6 Å².